The number of hydrogen-bond acceptors (Lipinski definition) is 2. The molecule has 200 valence electrons. The highest BCUT2D eigenvalue weighted by Gasteiger charge is 2.34. The molecule has 1 nitrogen and oxygen atoms in total. The van der Waals surface area contributed by atoms with Crippen LogP contribution in [0.25, 0.3) is 21.9 Å². The van der Waals surface area contributed by atoms with Gasteiger partial charge in [-0.05, 0) is 6.07 Å². The number of rotatable bonds is 3. The van der Waals surface area contributed by atoms with E-state index in [1.54, 1.807) is 0 Å². The lowest BCUT2D eigenvalue weighted by Crippen LogP contribution is -2.07. The Kier molecular flexibility index (Phi) is 6.66. The Morgan fingerprint density at radius 3 is 1.29 bits per heavy atom. The van der Waals surface area contributed by atoms with Gasteiger partial charge >= 0.3 is 0 Å². The molecule has 0 atom stereocenters. The van der Waals surface area contributed by atoms with Gasteiger partial charge in [-0.2, -0.15) is 8.78 Å². The van der Waals surface area contributed by atoms with Crippen LogP contribution in [0.3, 0.4) is 0 Å². The molecule has 0 aliphatic carbocycles. The summed E-state index contributed by atoms with van der Waals surface area (Å²) in [6.07, 6.45) is 0. The first-order valence-corrected chi connectivity index (χ1v) is 10.2. The quantitative estimate of drug-likeness (QED) is 0.150. The van der Waals surface area contributed by atoms with Crippen molar-refractivity contribution < 1.29 is 66.6 Å². The van der Waals surface area contributed by atoms with Crippen molar-refractivity contribution in [3.63, 3.8) is 0 Å². The highest BCUT2D eigenvalue weighted by atomic mass is 32.2. The van der Waals surface area contributed by atoms with Crippen molar-refractivity contribution in [2.75, 3.05) is 0 Å². The second kappa shape index (κ2) is 9.25. The molecular weight excluding hydrogens is 578 g/mol. The molecule has 1 N–H and O–H groups in total. The van der Waals surface area contributed by atoms with Crippen molar-refractivity contribution in [3.05, 3.63) is 87.5 Å². The molecule has 0 aromatic heterocycles. The Morgan fingerprint density at radius 1 is 0.421 bits per heavy atom. The first-order chi connectivity index (χ1) is 17.6. The first kappa shape index (κ1) is 27.3. The van der Waals surface area contributed by atoms with Gasteiger partial charge in [0.2, 0.25) is 17.5 Å². The topological polar surface area (TPSA) is 20.2 Å². The van der Waals surface area contributed by atoms with Crippen molar-refractivity contribution in [1.82, 2.24) is 0 Å². The summed E-state index contributed by atoms with van der Waals surface area (Å²) in [5, 5.41) is 5.33. The summed E-state index contributed by atoms with van der Waals surface area (Å²) in [7, 11) is 0. The molecule has 0 aliphatic heterocycles. The van der Waals surface area contributed by atoms with Crippen molar-refractivity contribution in [3.8, 4) is 16.9 Å². The Hall–Kier alpha value is -3.69. The van der Waals surface area contributed by atoms with E-state index >= 15 is 4.39 Å². The minimum absolute atomic E-state index is 0.270. The van der Waals surface area contributed by atoms with Gasteiger partial charge in [-0.15, -0.1) is 0 Å². The largest absolute Gasteiger partial charge is 0.503 e. The van der Waals surface area contributed by atoms with Crippen molar-refractivity contribution >= 4 is 22.5 Å². The number of benzene rings is 4. The average Bonchev–Trinajstić information content (AvgIpc) is 2.89. The predicted octanol–water partition coefficient (Wildman–Crippen LogP) is 8.31. The molecule has 0 saturated carbocycles. The van der Waals surface area contributed by atoms with Gasteiger partial charge in [0.1, 0.15) is 5.82 Å². The summed E-state index contributed by atoms with van der Waals surface area (Å²) < 4.78 is 198. The number of phenolic OH excluding ortho intramolecular Hbond substituents is 1. The van der Waals surface area contributed by atoms with Crippen LogP contribution >= 0.6 is 11.8 Å². The minimum Gasteiger partial charge on any atom is -0.503 e. The zero-order valence-corrected chi connectivity index (χ0v) is 18.0. The Bertz CT molecular complexity index is 1640. The zero-order valence-electron chi connectivity index (χ0n) is 17.2. The van der Waals surface area contributed by atoms with E-state index in [1.165, 1.54) is 0 Å². The van der Waals surface area contributed by atoms with Crippen LogP contribution in [0.2, 0.25) is 0 Å². The lowest BCUT2D eigenvalue weighted by atomic mass is 9.95. The van der Waals surface area contributed by atoms with Crippen LogP contribution in [0.15, 0.2) is 15.9 Å². The van der Waals surface area contributed by atoms with Gasteiger partial charge in [0.25, 0.3) is 0 Å². The second-order valence-electron chi connectivity index (χ2n) is 7.22. The number of fused-ring (bicyclic) bond motifs is 1. The molecule has 0 aliphatic rings. The molecule has 38 heavy (non-hydrogen) atoms. The molecule has 4 aromatic rings. The van der Waals surface area contributed by atoms with Crippen LogP contribution in [0.1, 0.15) is 0 Å². The number of hydrogen-bond donors (Lipinski definition) is 1. The lowest BCUT2D eigenvalue weighted by molar-refractivity contribution is 0.358. The third-order valence-electron chi connectivity index (χ3n) is 5.13. The van der Waals surface area contributed by atoms with E-state index in [1.807, 2.05) is 0 Å². The molecular formula is C22H2F14OS. The third kappa shape index (κ3) is 3.72. The van der Waals surface area contributed by atoms with E-state index in [0.717, 1.165) is 0 Å². The summed E-state index contributed by atoms with van der Waals surface area (Å²) in [5.74, 6) is -38.2. The predicted molar refractivity (Wildman–Crippen MR) is 101 cm³/mol. The highest BCUT2D eigenvalue weighted by Crippen LogP contribution is 2.47. The van der Waals surface area contributed by atoms with E-state index < -0.39 is 131 Å². The Morgan fingerprint density at radius 2 is 0.816 bits per heavy atom. The third-order valence-corrected chi connectivity index (χ3v) is 6.30. The van der Waals surface area contributed by atoms with Crippen molar-refractivity contribution in [1.29, 1.82) is 0 Å². The van der Waals surface area contributed by atoms with Crippen LogP contribution in [0.4, 0.5) is 61.5 Å². The van der Waals surface area contributed by atoms with Gasteiger partial charge in [-0.3, -0.25) is 0 Å². The van der Waals surface area contributed by atoms with Gasteiger partial charge in [-0.25, -0.2) is 52.7 Å². The summed E-state index contributed by atoms with van der Waals surface area (Å²) in [4.78, 5) is -3.64. The SMILES string of the molecule is Oc1c(F)c(F)c(-c2cc(F)c(Sc3c(F)c(F)c(F)c(F)c3F)c3c(F)c(F)c(F)c(F)c23)c(F)c1F. The summed E-state index contributed by atoms with van der Waals surface area (Å²) in [6.45, 7) is 0. The van der Waals surface area contributed by atoms with E-state index in [0.29, 0.717) is 0 Å². The summed E-state index contributed by atoms with van der Waals surface area (Å²) >= 11 is -0.851. The second-order valence-corrected chi connectivity index (χ2v) is 8.24. The molecule has 0 unspecified atom stereocenters. The molecule has 0 radical (unpaired) electrons. The van der Waals surface area contributed by atoms with Gasteiger partial charge in [0, 0.05) is 16.3 Å². The molecule has 16 heteroatoms. The molecule has 0 fully saturated rings. The fourth-order valence-electron chi connectivity index (χ4n) is 3.41. The molecule has 4 rings (SSSR count). The fraction of sp³-hybridized carbons (Fsp3) is 0. The average molecular weight is 580 g/mol. The summed E-state index contributed by atoms with van der Waals surface area (Å²) in [5.41, 5.74) is -3.80. The molecule has 0 saturated heterocycles. The fourth-order valence-corrected chi connectivity index (χ4v) is 4.42. The maximum Gasteiger partial charge on any atom is 0.204 e. The monoisotopic (exact) mass is 580 g/mol. The van der Waals surface area contributed by atoms with Gasteiger partial charge < -0.3 is 5.11 Å². The van der Waals surface area contributed by atoms with Crippen molar-refractivity contribution in [2.24, 2.45) is 0 Å². The molecule has 4 aromatic carbocycles. The maximum absolute atomic E-state index is 15.1. The summed E-state index contributed by atoms with van der Waals surface area (Å²) in [6, 6.07) is -0.270. The van der Waals surface area contributed by atoms with E-state index in [4.69, 9.17) is 5.11 Å². The maximum atomic E-state index is 15.1. The number of halogens is 14. The van der Waals surface area contributed by atoms with Crippen LogP contribution in [0, 0.1) is 81.4 Å². The van der Waals surface area contributed by atoms with E-state index in [9.17, 15) is 57.1 Å². The van der Waals surface area contributed by atoms with Crippen LogP contribution < -0.4 is 0 Å². The normalized spacial score (nSPS) is 11.6. The zero-order chi connectivity index (χ0) is 28.5. The molecule has 0 amide bonds. The minimum atomic E-state index is -2.73. The van der Waals surface area contributed by atoms with Crippen LogP contribution in [-0.4, -0.2) is 5.11 Å². The first-order valence-electron chi connectivity index (χ1n) is 9.35. The highest BCUT2D eigenvalue weighted by molar-refractivity contribution is 7.99. The Labute approximate surface area is 203 Å². The van der Waals surface area contributed by atoms with Gasteiger partial charge in [0.05, 0.1) is 15.4 Å². The Balaban J connectivity index is 2.20. The molecule has 0 bridgehead atoms. The van der Waals surface area contributed by atoms with Gasteiger partial charge in [-0.1, -0.05) is 11.8 Å². The smallest absolute Gasteiger partial charge is 0.204 e. The standard InChI is InChI=1S/C22H2F14OS/c23-3-1-2(5-8(25)16(33)20(37)17(34)9(5)26)4-6(10(27)12(29)11(28)7(4)24)21(3)38-22-18(35)14(31)13(30)15(32)19(22)36/h1,37H. The number of aromatic hydroxyl groups is 1. The molecule has 0 heterocycles. The van der Waals surface area contributed by atoms with E-state index in [-0.39, 0.29) is 6.07 Å². The van der Waals surface area contributed by atoms with E-state index in [2.05, 4.69) is 0 Å². The van der Waals surface area contributed by atoms with Crippen LogP contribution in [0.5, 0.6) is 5.75 Å². The van der Waals surface area contributed by atoms with Gasteiger partial charge in [0.15, 0.2) is 63.9 Å². The van der Waals surface area contributed by atoms with Crippen LogP contribution in [-0.2, 0) is 0 Å². The molecule has 0 spiro atoms. The van der Waals surface area contributed by atoms with Crippen molar-refractivity contribution in [2.45, 2.75) is 9.79 Å². The number of phenols is 1. The lowest BCUT2D eigenvalue weighted by Gasteiger charge is -2.17.